The van der Waals surface area contributed by atoms with Gasteiger partial charge in [-0.2, -0.15) is 4.31 Å². The number of nitrogens with one attached hydrogen (secondary N) is 1. The van der Waals surface area contributed by atoms with Gasteiger partial charge in [-0.1, -0.05) is 30.3 Å². The molecule has 174 valence electrons. The van der Waals surface area contributed by atoms with Crippen molar-refractivity contribution >= 4 is 15.9 Å². The molecule has 1 amide bonds. The van der Waals surface area contributed by atoms with Crippen molar-refractivity contribution in [2.24, 2.45) is 0 Å². The molecular formula is C24H32N2O5S. The molecule has 0 bridgehead atoms. The van der Waals surface area contributed by atoms with E-state index < -0.39 is 10.0 Å². The van der Waals surface area contributed by atoms with E-state index in [2.05, 4.69) is 5.32 Å². The van der Waals surface area contributed by atoms with E-state index in [9.17, 15) is 13.2 Å². The minimum absolute atomic E-state index is 0.110. The number of amides is 1. The Morgan fingerprint density at radius 1 is 1.09 bits per heavy atom. The average Bonchev–Trinajstić information content (AvgIpc) is 2.75. The van der Waals surface area contributed by atoms with Gasteiger partial charge in [0.15, 0.2) is 0 Å². The van der Waals surface area contributed by atoms with Crippen molar-refractivity contribution in [2.75, 3.05) is 13.1 Å². The fourth-order valence-electron chi connectivity index (χ4n) is 3.65. The zero-order valence-corrected chi connectivity index (χ0v) is 19.9. The van der Waals surface area contributed by atoms with Crippen LogP contribution in [0.4, 0.5) is 0 Å². The van der Waals surface area contributed by atoms with Gasteiger partial charge in [-0.3, -0.25) is 4.79 Å². The van der Waals surface area contributed by atoms with Crippen LogP contribution >= 0.6 is 0 Å². The van der Waals surface area contributed by atoms with Gasteiger partial charge in [0.05, 0.1) is 29.8 Å². The second kappa shape index (κ2) is 10.6. The highest BCUT2D eigenvalue weighted by atomic mass is 32.2. The van der Waals surface area contributed by atoms with Crippen LogP contribution in [0.5, 0.6) is 0 Å². The highest BCUT2D eigenvalue weighted by Crippen LogP contribution is 2.22. The molecule has 1 aliphatic heterocycles. The second-order valence-corrected chi connectivity index (χ2v) is 10.4. The Morgan fingerprint density at radius 3 is 2.44 bits per heavy atom. The van der Waals surface area contributed by atoms with Crippen molar-refractivity contribution < 1.29 is 22.7 Å². The Morgan fingerprint density at radius 2 is 1.75 bits per heavy atom. The van der Waals surface area contributed by atoms with E-state index in [1.165, 1.54) is 16.4 Å². The van der Waals surface area contributed by atoms with Crippen molar-refractivity contribution in [3.8, 4) is 0 Å². The summed E-state index contributed by atoms with van der Waals surface area (Å²) >= 11 is 0. The zero-order valence-electron chi connectivity index (χ0n) is 19.1. The number of morpholine rings is 1. The molecule has 1 aliphatic rings. The molecule has 2 unspecified atom stereocenters. The number of benzene rings is 2. The standard InChI is InChI=1S/C24H32N2O5S/c1-17(2)30-16-21-8-5-7-20(11-21)13-25-24(27)22-9-6-10-23(12-22)32(28,29)26-14-18(3)31-19(4)15-26/h5-12,17-19H,13-16H2,1-4H3,(H,25,27). The first kappa shape index (κ1) is 24.4. The third-order valence-corrected chi connectivity index (χ3v) is 6.98. The van der Waals surface area contributed by atoms with Crippen LogP contribution in [0.3, 0.4) is 0 Å². The van der Waals surface area contributed by atoms with E-state index in [4.69, 9.17) is 9.47 Å². The molecule has 1 saturated heterocycles. The van der Waals surface area contributed by atoms with Crippen molar-refractivity contribution in [3.05, 3.63) is 65.2 Å². The van der Waals surface area contributed by atoms with Gasteiger partial charge in [0, 0.05) is 25.2 Å². The topological polar surface area (TPSA) is 84.9 Å². The molecule has 1 N–H and O–H groups in total. The van der Waals surface area contributed by atoms with E-state index in [-0.39, 0.29) is 29.1 Å². The Kier molecular flexibility index (Phi) is 8.05. The molecule has 7 nitrogen and oxygen atoms in total. The molecule has 1 heterocycles. The number of hydrogen-bond acceptors (Lipinski definition) is 5. The van der Waals surface area contributed by atoms with Crippen LogP contribution in [0, 0.1) is 0 Å². The molecular weight excluding hydrogens is 428 g/mol. The SMILES string of the molecule is CC(C)OCc1cccc(CNC(=O)c2cccc(S(=O)(=O)N3CC(C)OC(C)C3)c2)c1. The van der Waals surface area contributed by atoms with Gasteiger partial charge in [0.2, 0.25) is 10.0 Å². The number of ether oxygens (including phenoxy) is 2. The quantitative estimate of drug-likeness (QED) is 0.653. The highest BCUT2D eigenvalue weighted by molar-refractivity contribution is 7.89. The molecule has 0 aliphatic carbocycles. The molecule has 8 heteroatoms. The Labute approximate surface area is 190 Å². The molecule has 1 fully saturated rings. The number of nitrogens with zero attached hydrogens (tertiary/aromatic N) is 1. The molecule has 0 spiro atoms. The van der Waals surface area contributed by atoms with Crippen LogP contribution < -0.4 is 5.32 Å². The summed E-state index contributed by atoms with van der Waals surface area (Å²) < 4.78 is 38.9. The van der Waals surface area contributed by atoms with Gasteiger partial charge in [-0.25, -0.2) is 8.42 Å². The summed E-state index contributed by atoms with van der Waals surface area (Å²) in [5.74, 6) is -0.324. The Bertz CT molecular complexity index is 1030. The van der Waals surface area contributed by atoms with Crippen LogP contribution in [0.1, 0.15) is 49.2 Å². The van der Waals surface area contributed by atoms with E-state index in [0.29, 0.717) is 31.8 Å². The maximum absolute atomic E-state index is 13.1. The summed E-state index contributed by atoms with van der Waals surface area (Å²) in [5.41, 5.74) is 2.29. The Balaban J connectivity index is 1.67. The van der Waals surface area contributed by atoms with E-state index in [1.54, 1.807) is 12.1 Å². The minimum Gasteiger partial charge on any atom is -0.374 e. The lowest BCUT2D eigenvalue weighted by atomic mass is 10.1. The summed E-state index contributed by atoms with van der Waals surface area (Å²) in [5, 5.41) is 2.87. The van der Waals surface area contributed by atoms with Crippen molar-refractivity contribution in [1.82, 2.24) is 9.62 Å². The van der Waals surface area contributed by atoms with Gasteiger partial charge in [0.1, 0.15) is 0 Å². The van der Waals surface area contributed by atoms with E-state index >= 15 is 0 Å². The second-order valence-electron chi connectivity index (χ2n) is 8.47. The smallest absolute Gasteiger partial charge is 0.251 e. The minimum atomic E-state index is -3.71. The fraction of sp³-hybridized carbons (Fsp3) is 0.458. The largest absolute Gasteiger partial charge is 0.374 e. The first-order chi connectivity index (χ1) is 15.1. The summed E-state index contributed by atoms with van der Waals surface area (Å²) in [4.78, 5) is 12.8. The zero-order chi connectivity index (χ0) is 23.3. The van der Waals surface area contributed by atoms with Gasteiger partial charge in [0.25, 0.3) is 5.91 Å². The summed E-state index contributed by atoms with van der Waals surface area (Å²) in [6.07, 6.45) is -0.214. The first-order valence-electron chi connectivity index (χ1n) is 10.9. The summed E-state index contributed by atoms with van der Waals surface area (Å²) in [7, 11) is -3.71. The van der Waals surface area contributed by atoms with E-state index in [0.717, 1.165) is 11.1 Å². The van der Waals surface area contributed by atoms with E-state index in [1.807, 2.05) is 52.0 Å². The van der Waals surface area contributed by atoms with Crippen LogP contribution in [-0.2, 0) is 32.6 Å². The number of carbonyl (C=O) groups excluding carboxylic acids is 1. The normalized spacial score (nSPS) is 19.8. The predicted octanol–water partition coefficient (Wildman–Crippen LogP) is 3.34. The van der Waals surface area contributed by atoms with Gasteiger partial charge in [-0.05, 0) is 57.0 Å². The Hall–Kier alpha value is -2.26. The first-order valence-corrected chi connectivity index (χ1v) is 12.3. The maximum Gasteiger partial charge on any atom is 0.251 e. The maximum atomic E-state index is 13.1. The van der Waals surface area contributed by atoms with Crippen molar-refractivity contribution in [1.29, 1.82) is 0 Å². The molecule has 2 atom stereocenters. The summed E-state index contributed by atoms with van der Waals surface area (Å²) in [6, 6.07) is 14.0. The number of hydrogen-bond donors (Lipinski definition) is 1. The van der Waals surface area contributed by atoms with Crippen molar-refractivity contribution in [3.63, 3.8) is 0 Å². The summed E-state index contributed by atoms with van der Waals surface area (Å²) in [6.45, 7) is 9.11. The third-order valence-electron chi connectivity index (χ3n) is 5.15. The van der Waals surface area contributed by atoms with Crippen LogP contribution in [0.15, 0.2) is 53.4 Å². The molecule has 0 radical (unpaired) electrons. The highest BCUT2D eigenvalue weighted by Gasteiger charge is 2.32. The number of rotatable bonds is 8. The molecule has 0 saturated carbocycles. The predicted molar refractivity (Wildman–Crippen MR) is 123 cm³/mol. The van der Waals surface area contributed by atoms with Crippen molar-refractivity contribution in [2.45, 2.75) is 64.1 Å². The molecule has 0 aromatic heterocycles. The van der Waals surface area contributed by atoms with Gasteiger partial charge in [-0.15, -0.1) is 0 Å². The lowest BCUT2D eigenvalue weighted by Crippen LogP contribution is -2.48. The van der Waals surface area contributed by atoms with Crippen LogP contribution in [-0.4, -0.2) is 50.0 Å². The molecule has 2 aromatic carbocycles. The third kappa shape index (κ3) is 6.38. The van der Waals surface area contributed by atoms with Gasteiger partial charge >= 0.3 is 0 Å². The molecule has 32 heavy (non-hydrogen) atoms. The monoisotopic (exact) mass is 460 g/mol. The fourth-order valence-corrected chi connectivity index (χ4v) is 5.29. The molecule has 2 aromatic rings. The van der Waals surface area contributed by atoms with Crippen LogP contribution in [0.25, 0.3) is 0 Å². The van der Waals surface area contributed by atoms with Crippen LogP contribution in [0.2, 0.25) is 0 Å². The lowest BCUT2D eigenvalue weighted by Gasteiger charge is -2.34. The average molecular weight is 461 g/mol. The number of sulfonamides is 1. The van der Waals surface area contributed by atoms with Gasteiger partial charge < -0.3 is 14.8 Å². The number of carbonyl (C=O) groups is 1. The molecule has 3 rings (SSSR count). The lowest BCUT2D eigenvalue weighted by molar-refractivity contribution is -0.0440.